The average Bonchev–Trinajstić information content (AvgIpc) is 2.01. The highest BCUT2D eigenvalue weighted by atomic mass is 127. The predicted molar refractivity (Wildman–Crippen MR) is 56.6 cm³/mol. The number of carbonyl (C=O) groups is 1. The molecule has 3 nitrogen and oxygen atoms in total. The van der Waals surface area contributed by atoms with Gasteiger partial charge in [0.2, 0.25) is 0 Å². The first kappa shape index (κ1) is 11.1. The predicted octanol–water partition coefficient (Wildman–Crippen LogP) is 2.94. The van der Waals surface area contributed by atoms with E-state index in [1.165, 1.54) is 0 Å². The molecule has 0 saturated carbocycles. The fourth-order valence-corrected chi connectivity index (χ4v) is 2.10. The zero-order chi connectivity index (χ0) is 10.2. The number of aromatic carboxylic acids is 1. The minimum atomic E-state index is -1.41. The van der Waals surface area contributed by atoms with E-state index in [-0.39, 0.29) is 13.3 Å². The van der Waals surface area contributed by atoms with E-state index in [1.807, 2.05) is 0 Å². The summed E-state index contributed by atoms with van der Waals surface area (Å²) in [5.74, 6) is -2.37. The van der Waals surface area contributed by atoms with Crippen molar-refractivity contribution < 1.29 is 14.3 Å². The Balaban J connectivity index is 3.56. The van der Waals surface area contributed by atoms with Crippen LogP contribution in [0.1, 0.15) is 10.4 Å². The van der Waals surface area contributed by atoms with Crippen molar-refractivity contribution in [2.24, 2.45) is 0 Å². The summed E-state index contributed by atoms with van der Waals surface area (Å²) in [4.78, 5) is 14.2. The van der Waals surface area contributed by atoms with Crippen molar-refractivity contribution in [3.05, 3.63) is 24.7 Å². The van der Waals surface area contributed by atoms with E-state index in [2.05, 4.69) is 20.9 Å². The van der Waals surface area contributed by atoms with Crippen molar-refractivity contribution in [1.29, 1.82) is 0 Å². The monoisotopic (exact) mass is 379 g/mol. The van der Waals surface area contributed by atoms with Crippen molar-refractivity contribution in [3.8, 4) is 0 Å². The van der Waals surface area contributed by atoms with Crippen LogP contribution in [-0.4, -0.2) is 16.1 Å². The van der Waals surface area contributed by atoms with E-state index >= 15 is 0 Å². The smallest absolute Gasteiger partial charge is 0.340 e. The average molecular weight is 380 g/mol. The van der Waals surface area contributed by atoms with E-state index in [9.17, 15) is 9.18 Å². The minimum Gasteiger partial charge on any atom is -0.478 e. The molecule has 0 fully saturated rings. The van der Waals surface area contributed by atoms with Gasteiger partial charge in [0.1, 0.15) is 13.9 Å². The maximum absolute atomic E-state index is 13.1. The van der Waals surface area contributed by atoms with E-state index in [0.717, 1.165) is 0 Å². The summed E-state index contributed by atoms with van der Waals surface area (Å²) in [5, 5.41) is 8.43. The van der Waals surface area contributed by atoms with Gasteiger partial charge >= 0.3 is 5.97 Å². The summed E-state index contributed by atoms with van der Waals surface area (Å²) in [6.45, 7) is 0. The third kappa shape index (κ3) is 2.10. The molecule has 0 aliphatic carbocycles. The molecule has 1 aromatic heterocycles. The minimum absolute atomic E-state index is 0.154. The lowest BCUT2D eigenvalue weighted by Gasteiger charge is -2.03. The molecule has 1 aromatic rings. The molecular formula is C6HBrClFINO2. The molecule has 70 valence electrons. The summed E-state index contributed by atoms with van der Waals surface area (Å²) in [5.41, 5.74) is -0.562. The first-order valence-corrected chi connectivity index (χ1v) is 5.13. The van der Waals surface area contributed by atoms with Gasteiger partial charge < -0.3 is 5.11 Å². The van der Waals surface area contributed by atoms with Gasteiger partial charge in [0.15, 0.2) is 5.82 Å². The zero-order valence-electron chi connectivity index (χ0n) is 5.81. The van der Waals surface area contributed by atoms with Crippen LogP contribution in [0.4, 0.5) is 4.39 Å². The second kappa shape index (κ2) is 4.05. The Kier molecular flexibility index (Phi) is 3.47. The Morgan fingerprint density at radius 2 is 2.23 bits per heavy atom. The summed E-state index contributed by atoms with van der Waals surface area (Å²) in [6, 6.07) is 0. The molecule has 0 aromatic carbocycles. The lowest BCUT2D eigenvalue weighted by molar-refractivity contribution is 0.0691. The Labute approximate surface area is 99.6 Å². The van der Waals surface area contributed by atoms with Crippen molar-refractivity contribution in [1.82, 2.24) is 4.98 Å². The molecule has 1 N–H and O–H groups in total. The van der Waals surface area contributed by atoms with E-state index in [1.54, 1.807) is 22.6 Å². The standard InChI is InChI=1S/C6HBrClFINO2/c7-4-3(9)1(6(12)13)2(8)5(10)11-4/h(H,12,13). The molecule has 13 heavy (non-hydrogen) atoms. The van der Waals surface area contributed by atoms with Gasteiger partial charge in [-0.15, -0.1) is 0 Å². The number of hydrogen-bond acceptors (Lipinski definition) is 2. The van der Waals surface area contributed by atoms with Crippen LogP contribution in [0.3, 0.4) is 0 Å². The van der Waals surface area contributed by atoms with Crippen LogP contribution in [0, 0.1) is 9.52 Å². The van der Waals surface area contributed by atoms with Crippen LogP contribution in [0.2, 0.25) is 5.02 Å². The van der Waals surface area contributed by atoms with Crippen molar-refractivity contribution in [3.63, 3.8) is 0 Å². The van der Waals surface area contributed by atoms with Crippen molar-refractivity contribution >= 4 is 56.1 Å². The third-order valence-corrected chi connectivity index (χ3v) is 3.20. The normalized spacial score (nSPS) is 10.2. The van der Waals surface area contributed by atoms with Crippen LogP contribution in [0.15, 0.2) is 4.60 Å². The highest BCUT2D eigenvalue weighted by molar-refractivity contribution is 14.1. The number of carboxylic acid groups (broad SMARTS) is 1. The number of pyridine rings is 1. The summed E-state index contributed by atoms with van der Waals surface area (Å²) in [7, 11) is 0. The Bertz CT molecular complexity index is 361. The Morgan fingerprint density at radius 1 is 1.69 bits per heavy atom. The fraction of sp³-hybridized carbons (Fsp3) is 0. The van der Waals surface area contributed by atoms with Gasteiger partial charge in [-0.25, -0.2) is 14.2 Å². The largest absolute Gasteiger partial charge is 0.478 e. The van der Waals surface area contributed by atoms with Crippen LogP contribution in [0.25, 0.3) is 0 Å². The van der Waals surface area contributed by atoms with Gasteiger partial charge in [-0.05, 0) is 38.5 Å². The fourth-order valence-electron chi connectivity index (χ4n) is 0.675. The Hall–Kier alpha value is 0.0500. The summed E-state index contributed by atoms with van der Waals surface area (Å²) >= 11 is 10.1. The number of aromatic nitrogens is 1. The molecule has 0 unspecified atom stereocenters. The first-order chi connectivity index (χ1) is 5.95. The molecule has 0 bridgehead atoms. The number of halogens is 4. The summed E-state index contributed by atoms with van der Waals surface area (Å²) < 4.78 is 13.2. The highest BCUT2D eigenvalue weighted by Crippen LogP contribution is 2.27. The second-order valence-corrected chi connectivity index (χ2v) is 4.15. The number of hydrogen-bond donors (Lipinski definition) is 1. The van der Waals surface area contributed by atoms with Gasteiger partial charge in [-0.1, -0.05) is 11.6 Å². The van der Waals surface area contributed by atoms with Gasteiger partial charge in [0.25, 0.3) is 0 Å². The second-order valence-electron chi connectivity index (χ2n) is 2.00. The van der Waals surface area contributed by atoms with Crippen LogP contribution in [-0.2, 0) is 0 Å². The summed E-state index contributed by atoms with van der Waals surface area (Å²) in [6.07, 6.45) is 0. The molecule has 0 amide bonds. The third-order valence-electron chi connectivity index (χ3n) is 1.21. The van der Waals surface area contributed by atoms with Gasteiger partial charge in [-0.3, -0.25) is 0 Å². The highest BCUT2D eigenvalue weighted by Gasteiger charge is 2.21. The van der Waals surface area contributed by atoms with Crippen molar-refractivity contribution in [2.45, 2.75) is 0 Å². The first-order valence-electron chi connectivity index (χ1n) is 2.88. The van der Waals surface area contributed by atoms with Gasteiger partial charge in [0, 0.05) is 0 Å². The maximum Gasteiger partial charge on any atom is 0.340 e. The van der Waals surface area contributed by atoms with Crippen LogP contribution >= 0.6 is 50.1 Å². The SMILES string of the molecule is O=C(O)c1c(F)c(Br)nc(I)c1Cl. The molecular weight excluding hydrogens is 379 g/mol. The topological polar surface area (TPSA) is 50.2 Å². The van der Waals surface area contributed by atoms with Gasteiger partial charge in [-0.2, -0.15) is 0 Å². The quantitative estimate of drug-likeness (QED) is 0.602. The molecule has 0 saturated heterocycles. The Morgan fingerprint density at radius 3 is 2.69 bits per heavy atom. The molecule has 0 aliphatic rings. The molecule has 0 radical (unpaired) electrons. The van der Waals surface area contributed by atoms with Gasteiger partial charge in [0.05, 0.1) is 5.02 Å². The van der Waals surface area contributed by atoms with Crippen LogP contribution < -0.4 is 0 Å². The van der Waals surface area contributed by atoms with E-state index in [4.69, 9.17) is 16.7 Å². The number of nitrogens with zero attached hydrogens (tertiary/aromatic N) is 1. The lowest BCUT2D eigenvalue weighted by Crippen LogP contribution is -2.05. The lowest BCUT2D eigenvalue weighted by atomic mass is 10.2. The number of rotatable bonds is 1. The van der Waals surface area contributed by atoms with Crippen molar-refractivity contribution in [2.75, 3.05) is 0 Å². The van der Waals surface area contributed by atoms with E-state index < -0.39 is 17.3 Å². The zero-order valence-corrected chi connectivity index (χ0v) is 10.3. The molecule has 0 spiro atoms. The molecule has 7 heteroatoms. The molecule has 0 atom stereocenters. The molecule has 0 aliphatic heterocycles. The molecule has 1 heterocycles. The number of carboxylic acids is 1. The maximum atomic E-state index is 13.1. The van der Waals surface area contributed by atoms with Crippen LogP contribution in [0.5, 0.6) is 0 Å². The van der Waals surface area contributed by atoms with E-state index in [0.29, 0.717) is 0 Å². The molecule has 1 rings (SSSR count).